The number of rotatable bonds is 7. The van der Waals surface area contributed by atoms with Crippen LogP contribution in [0.2, 0.25) is 0 Å². The first-order chi connectivity index (χ1) is 10.8. The fraction of sp³-hybridized carbons (Fsp3) is 0.941. The molecule has 0 unspecified atom stereocenters. The van der Waals surface area contributed by atoms with Gasteiger partial charge in [0.25, 0.3) is 0 Å². The van der Waals surface area contributed by atoms with E-state index in [4.69, 9.17) is 9.47 Å². The Morgan fingerprint density at radius 2 is 2.00 bits per heavy atom. The molecule has 2 N–H and O–H groups in total. The standard InChI is InChI=1S/C17H30N2O3/c20-17(19-16-11-14-2-3-15(16)10-14)18-6-1-7-22-12-13-4-8-21-9-5-13/h13-16H,1-12H2,(H2,18,19,20)/t14-,15-,16-/m0/s1. The molecule has 0 radical (unpaired) electrons. The Morgan fingerprint density at radius 1 is 1.14 bits per heavy atom. The lowest BCUT2D eigenvalue weighted by Crippen LogP contribution is -2.44. The molecule has 5 heteroatoms. The van der Waals surface area contributed by atoms with Gasteiger partial charge in [0.2, 0.25) is 0 Å². The maximum Gasteiger partial charge on any atom is 0.315 e. The molecule has 126 valence electrons. The van der Waals surface area contributed by atoms with E-state index in [0.29, 0.717) is 18.5 Å². The quantitative estimate of drug-likeness (QED) is 0.709. The zero-order chi connectivity index (χ0) is 15.2. The van der Waals surface area contributed by atoms with Crippen molar-refractivity contribution >= 4 is 6.03 Å². The van der Waals surface area contributed by atoms with E-state index in [1.807, 2.05) is 0 Å². The van der Waals surface area contributed by atoms with Crippen LogP contribution in [-0.4, -0.2) is 45.0 Å². The summed E-state index contributed by atoms with van der Waals surface area (Å²) < 4.78 is 11.0. The molecule has 2 amide bonds. The van der Waals surface area contributed by atoms with Gasteiger partial charge in [-0.05, 0) is 56.3 Å². The third-order valence-corrected chi connectivity index (χ3v) is 5.50. The number of carbonyl (C=O) groups excluding carboxylic acids is 1. The van der Waals surface area contributed by atoms with Crippen LogP contribution < -0.4 is 10.6 Å². The van der Waals surface area contributed by atoms with Gasteiger partial charge in [-0.25, -0.2) is 4.79 Å². The van der Waals surface area contributed by atoms with Crippen molar-refractivity contribution in [3.8, 4) is 0 Å². The van der Waals surface area contributed by atoms with Gasteiger partial charge >= 0.3 is 6.03 Å². The second-order valence-electron chi connectivity index (χ2n) is 7.17. The molecule has 3 rings (SSSR count). The second kappa shape index (κ2) is 8.16. The van der Waals surface area contributed by atoms with Gasteiger partial charge in [0, 0.05) is 39.0 Å². The highest BCUT2D eigenvalue weighted by molar-refractivity contribution is 5.74. The van der Waals surface area contributed by atoms with Gasteiger partial charge in [-0.15, -0.1) is 0 Å². The summed E-state index contributed by atoms with van der Waals surface area (Å²) >= 11 is 0. The summed E-state index contributed by atoms with van der Waals surface area (Å²) in [4.78, 5) is 11.9. The molecular formula is C17H30N2O3. The minimum Gasteiger partial charge on any atom is -0.381 e. The lowest BCUT2D eigenvalue weighted by molar-refractivity contribution is 0.0203. The number of carbonyl (C=O) groups is 1. The fourth-order valence-electron chi connectivity index (χ4n) is 4.18. The largest absolute Gasteiger partial charge is 0.381 e. The van der Waals surface area contributed by atoms with Gasteiger partial charge in [-0.1, -0.05) is 6.42 Å². The molecule has 5 nitrogen and oxygen atoms in total. The molecule has 2 bridgehead atoms. The Balaban J connectivity index is 1.18. The van der Waals surface area contributed by atoms with Crippen LogP contribution in [0.1, 0.15) is 44.9 Å². The molecule has 2 saturated carbocycles. The summed E-state index contributed by atoms with van der Waals surface area (Å²) in [5.74, 6) is 2.26. The minimum atomic E-state index is 0.00183. The summed E-state index contributed by atoms with van der Waals surface area (Å²) in [6, 6.07) is 0.422. The van der Waals surface area contributed by atoms with Crippen molar-refractivity contribution < 1.29 is 14.3 Å². The monoisotopic (exact) mass is 310 g/mol. The average molecular weight is 310 g/mol. The summed E-state index contributed by atoms with van der Waals surface area (Å²) in [5, 5.41) is 6.11. The number of fused-ring (bicyclic) bond motifs is 2. The van der Waals surface area contributed by atoms with Crippen molar-refractivity contribution in [2.24, 2.45) is 17.8 Å². The van der Waals surface area contributed by atoms with Crippen LogP contribution in [0, 0.1) is 17.8 Å². The van der Waals surface area contributed by atoms with E-state index in [1.165, 1.54) is 25.7 Å². The minimum absolute atomic E-state index is 0.00183. The van der Waals surface area contributed by atoms with E-state index < -0.39 is 0 Å². The van der Waals surface area contributed by atoms with Gasteiger partial charge < -0.3 is 20.1 Å². The van der Waals surface area contributed by atoms with Crippen LogP contribution in [0.3, 0.4) is 0 Å². The number of amides is 2. The van der Waals surface area contributed by atoms with Gasteiger partial charge in [-0.2, -0.15) is 0 Å². The summed E-state index contributed by atoms with van der Waals surface area (Å²) in [6.45, 7) is 4.00. The molecule has 0 spiro atoms. The molecular weight excluding hydrogens is 280 g/mol. The van der Waals surface area contributed by atoms with E-state index in [9.17, 15) is 4.79 Å². The molecule has 2 aliphatic carbocycles. The molecule has 0 aromatic carbocycles. The highest BCUT2D eigenvalue weighted by atomic mass is 16.5. The van der Waals surface area contributed by atoms with Crippen molar-refractivity contribution in [3.63, 3.8) is 0 Å². The van der Waals surface area contributed by atoms with E-state index in [-0.39, 0.29) is 6.03 Å². The number of hydrogen-bond acceptors (Lipinski definition) is 3. The van der Waals surface area contributed by atoms with Crippen LogP contribution in [0.4, 0.5) is 4.79 Å². The van der Waals surface area contributed by atoms with E-state index in [1.54, 1.807) is 0 Å². The van der Waals surface area contributed by atoms with Crippen LogP contribution in [-0.2, 0) is 9.47 Å². The first kappa shape index (κ1) is 16.1. The molecule has 1 saturated heterocycles. The summed E-state index contributed by atoms with van der Waals surface area (Å²) in [5.41, 5.74) is 0. The van der Waals surface area contributed by atoms with E-state index in [2.05, 4.69) is 10.6 Å². The Bertz CT molecular complexity index is 358. The van der Waals surface area contributed by atoms with Gasteiger partial charge in [0.05, 0.1) is 0 Å². The van der Waals surface area contributed by atoms with Crippen LogP contribution in [0.25, 0.3) is 0 Å². The first-order valence-electron chi connectivity index (χ1n) is 9.01. The van der Waals surface area contributed by atoms with E-state index in [0.717, 1.165) is 57.5 Å². The third-order valence-electron chi connectivity index (χ3n) is 5.50. The highest BCUT2D eigenvalue weighted by Gasteiger charge is 2.39. The second-order valence-corrected chi connectivity index (χ2v) is 7.17. The maximum atomic E-state index is 11.9. The molecule has 1 heterocycles. The van der Waals surface area contributed by atoms with Crippen LogP contribution >= 0.6 is 0 Å². The smallest absolute Gasteiger partial charge is 0.315 e. The van der Waals surface area contributed by atoms with Crippen LogP contribution in [0.5, 0.6) is 0 Å². The Labute approximate surface area is 133 Å². The lowest BCUT2D eigenvalue weighted by atomic mass is 9.95. The zero-order valence-corrected chi connectivity index (χ0v) is 13.5. The predicted molar refractivity (Wildman–Crippen MR) is 84.7 cm³/mol. The molecule has 3 atom stereocenters. The van der Waals surface area contributed by atoms with Crippen molar-refractivity contribution in [1.29, 1.82) is 0 Å². The van der Waals surface area contributed by atoms with E-state index >= 15 is 0 Å². The summed E-state index contributed by atoms with van der Waals surface area (Å²) in [7, 11) is 0. The predicted octanol–water partition coefficient (Wildman–Crippen LogP) is 2.31. The lowest BCUT2D eigenvalue weighted by Gasteiger charge is -2.23. The molecule has 3 aliphatic rings. The number of nitrogens with one attached hydrogen (secondary N) is 2. The average Bonchev–Trinajstić information content (AvgIpc) is 3.14. The Hall–Kier alpha value is -0.810. The fourth-order valence-corrected chi connectivity index (χ4v) is 4.18. The third kappa shape index (κ3) is 4.59. The zero-order valence-electron chi connectivity index (χ0n) is 13.5. The number of hydrogen-bond donors (Lipinski definition) is 2. The topological polar surface area (TPSA) is 59.6 Å². The van der Waals surface area contributed by atoms with Crippen molar-refractivity contribution in [3.05, 3.63) is 0 Å². The summed E-state index contributed by atoms with van der Waals surface area (Å²) in [6.07, 6.45) is 8.30. The first-order valence-corrected chi connectivity index (χ1v) is 9.01. The Kier molecular flexibility index (Phi) is 5.96. The molecule has 1 aliphatic heterocycles. The normalized spacial score (nSPS) is 31.4. The SMILES string of the molecule is O=C(NCCCOCC1CCOCC1)N[C@H]1C[C@H]2CC[C@H]1C2. The maximum absolute atomic E-state index is 11.9. The van der Waals surface area contributed by atoms with Gasteiger partial charge in [-0.3, -0.25) is 0 Å². The number of urea groups is 1. The van der Waals surface area contributed by atoms with Crippen molar-refractivity contribution in [1.82, 2.24) is 10.6 Å². The Morgan fingerprint density at radius 3 is 2.73 bits per heavy atom. The van der Waals surface area contributed by atoms with Crippen LogP contribution in [0.15, 0.2) is 0 Å². The van der Waals surface area contributed by atoms with Gasteiger partial charge in [0.1, 0.15) is 0 Å². The molecule has 22 heavy (non-hydrogen) atoms. The van der Waals surface area contributed by atoms with Crippen molar-refractivity contribution in [2.45, 2.75) is 51.0 Å². The van der Waals surface area contributed by atoms with Gasteiger partial charge in [0.15, 0.2) is 0 Å². The molecule has 0 aromatic rings. The van der Waals surface area contributed by atoms with Crippen molar-refractivity contribution in [2.75, 3.05) is 33.0 Å². The molecule has 3 fully saturated rings. The number of ether oxygens (including phenoxy) is 2. The highest BCUT2D eigenvalue weighted by Crippen LogP contribution is 2.44. The molecule has 0 aromatic heterocycles.